The fourth-order valence-corrected chi connectivity index (χ4v) is 2.91. The first-order chi connectivity index (χ1) is 13.1. The first-order valence-electron chi connectivity index (χ1n) is 8.60. The molecule has 1 N–H and O–H groups in total. The zero-order valence-electron chi connectivity index (χ0n) is 15.0. The summed E-state index contributed by atoms with van der Waals surface area (Å²) in [5.41, 5.74) is 5.64. The number of nitrogens with one attached hydrogen (secondary N) is 1. The summed E-state index contributed by atoms with van der Waals surface area (Å²) in [5, 5.41) is 0.576. The Morgan fingerprint density at radius 2 is 1.74 bits per heavy atom. The average Bonchev–Trinajstić information content (AvgIpc) is 3.04. The second-order valence-corrected chi connectivity index (χ2v) is 6.76. The number of aromatic nitrogens is 2. The Morgan fingerprint density at radius 3 is 2.52 bits per heavy atom. The molecule has 3 aromatic carbocycles. The van der Waals surface area contributed by atoms with Crippen LogP contribution < -0.4 is 4.74 Å². The topological polar surface area (TPSA) is 37.9 Å². The van der Waals surface area contributed by atoms with Crippen molar-refractivity contribution in [2.45, 2.75) is 13.8 Å². The number of hydrogen-bond acceptors (Lipinski definition) is 2. The number of H-pyrrole nitrogens is 1. The van der Waals surface area contributed by atoms with Crippen molar-refractivity contribution >= 4 is 22.6 Å². The molecular formula is C23H17ClN2O. The molecule has 4 rings (SSSR count). The third-order valence-electron chi connectivity index (χ3n) is 4.36. The molecule has 1 aromatic heterocycles. The summed E-state index contributed by atoms with van der Waals surface area (Å²) >= 11 is 6.39. The van der Waals surface area contributed by atoms with E-state index in [2.05, 4.69) is 35.7 Å². The molecule has 0 saturated heterocycles. The molecular weight excluding hydrogens is 356 g/mol. The molecule has 27 heavy (non-hydrogen) atoms. The van der Waals surface area contributed by atoms with E-state index in [9.17, 15) is 0 Å². The summed E-state index contributed by atoms with van der Waals surface area (Å²) in [6, 6.07) is 19.9. The number of halogens is 1. The fourth-order valence-electron chi connectivity index (χ4n) is 2.70. The zero-order valence-corrected chi connectivity index (χ0v) is 15.8. The first kappa shape index (κ1) is 17.2. The number of benzene rings is 3. The molecule has 1 heterocycles. The van der Waals surface area contributed by atoms with Gasteiger partial charge in [-0.25, -0.2) is 0 Å². The van der Waals surface area contributed by atoms with Gasteiger partial charge in [0.2, 0.25) is 0 Å². The number of nitrogens with zero attached hydrogens (tertiary/aromatic N) is 1. The van der Waals surface area contributed by atoms with E-state index in [1.807, 2.05) is 60.7 Å². The summed E-state index contributed by atoms with van der Waals surface area (Å²) in [4.78, 5) is 7.67. The van der Waals surface area contributed by atoms with Crippen molar-refractivity contribution in [3.63, 3.8) is 0 Å². The predicted molar refractivity (Wildman–Crippen MR) is 110 cm³/mol. The molecule has 0 amide bonds. The van der Waals surface area contributed by atoms with Gasteiger partial charge in [0.1, 0.15) is 5.75 Å². The number of aryl methyl sites for hydroxylation is 2. The molecule has 0 unspecified atom stereocenters. The van der Waals surface area contributed by atoms with Gasteiger partial charge in [0.25, 0.3) is 6.01 Å². The van der Waals surface area contributed by atoms with Gasteiger partial charge in [0, 0.05) is 11.1 Å². The highest BCUT2D eigenvalue weighted by molar-refractivity contribution is 6.32. The SMILES string of the molecule is Cc1ccc(Oc2nc3cc(C#Cc4ccccc4)c(Cl)cc3[nH]2)cc1C. The van der Waals surface area contributed by atoms with Crippen molar-refractivity contribution in [1.29, 1.82) is 0 Å². The lowest BCUT2D eigenvalue weighted by Crippen LogP contribution is -1.88. The van der Waals surface area contributed by atoms with E-state index in [0.29, 0.717) is 11.0 Å². The van der Waals surface area contributed by atoms with Gasteiger partial charge in [-0.1, -0.05) is 47.7 Å². The highest BCUT2D eigenvalue weighted by atomic mass is 35.5. The number of fused-ring (bicyclic) bond motifs is 1. The molecule has 0 spiro atoms. The molecule has 0 aliphatic rings. The Morgan fingerprint density at radius 1 is 0.926 bits per heavy atom. The van der Waals surface area contributed by atoms with Crippen molar-refractivity contribution in [3.8, 4) is 23.6 Å². The van der Waals surface area contributed by atoms with Gasteiger partial charge in [-0.15, -0.1) is 0 Å². The number of ether oxygens (including phenoxy) is 1. The van der Waals surface area contributed by atoms with Crippen LogP contribution in [0.2, 0.25) is 5.02 Å². The summed E-state index contributed by atoms with van der Waals surface area (Å²) in [6.07, 6.45) is 0. The van der Waals surface area contributed by atoms with Crippen LogP contribution in [-0.2, 0) is 0 Å². The van der Waals surface area contributed by atoms with Crippen LogP contribution >= 0.6 is 11.6 Å². The van der Waals surface area contributed by atoms with Crippen LogP contribution in [0, 0.1) is 25.7 Å². The lowest BCUT2D eigenvalue weighted by molar-refractivity contribution is 0.449. The van der Waals surface area contributed by atoms with E-state index in [4.69, 9.17) is 16.3 Å². The van der Waals surface area contributed by atoms with Gasteiger partial charge >= 0.3 is 0 Å². The van der Waals surface area contributed by atoms with Crippen molar-refractivity contribution < 1.29 is 4.74 Å². The van der Waals surface area contributed by atoms with Crippen molar-refractivity contribution in [1.82, 2.24) is 9.97 Å². The van der Waals surface area contributed by atoms with E-state index in [-0.39, 0.29) is 0 Å². The summed E-state index contributed by atoms with van der Waals surface area (Å²) in [5.74, 6) is 6.98. The van der Waals surface area contributed by atoms with Crippen LogP contribution in [0.25, 0.3) is 11.0 Å². The van der Waals surface area contributed by atoms with E-state index in [1.165, 1.54) is 11.1 Å². The van der Waals surface area contributed by atoms with Gasteiger partial charge in [-0.05, 0) is 61.4 Å². The molecule has 0 atom stereocenters. The van der Waals surface area contributed by atoms with Crippen LogP contribution in [-0.4, -0.2) is 9.97 Å². The van der Waals surface area contributed by atoms with Crippen LogP contribution in [0.15, 0.2) is 60.7 Å². The number of rotatable bonds is 2. The molecule has 132 valence electrons. The molecule has 0 fully saturated rings. The fraction of sp³-hybridized carbons (Fsp3) is 0.0870. The Balaban J connectivity index is 1.65. The summed E-state index contributed by atoms with van der Waals surface area (Å²) in [6.45, 7) is 4.12. The smallest absolute Gasteiger partial charge is 0.300 e. The molecule has 0 saturated carbocycles. The Kier molecular flexibility index (Phi) is 4.58. The van der Waals surface area contributed by atoms with Crippen LogP contribution in [0.1, 0.15) is 22.3 Å². The highest BCUT2D eigenvalue weighted by Crippen LogP contribution is 2.27. The lowest BCUT2D eigenvalue weighted by Gasteiger charge is -2.04. The average molecular weight is 373 g/mol. The molecule has 0 radical (unpaired) electrons. The van der Waals surface area contributed by atoms with E-state index in [1.54, 1.807) is 0 Å². The third-order valence-corrected chi connectivity index (χ3v) is 4.67. The molecule has 0 aliphatic carbocycles. The maximum Gasteiger partial charge on any atom is 0.300 e. The van der Waals surface area contributed by atoms with Gasteiger partial charge in [0.05, 0.1) is 16.1 Å². The van der Waals surface area contributed by atoms with Crippen molar-refractivity contribution in [3.05, 3.63) is 87.9 Å². The van der Waals surface area contributed by atoms with Crippen LogP contribution in [0.3, 0.4) is 0 Å². The Hall–Kier alpha value is -3.22. The number of aromatic amines is 1. The predicted octanol–water partition coefficient (Wildman–Crippen LogP) is 6.03. The van der Waals surface area contributed by atoms with Crippen LogP contribution in [0.4, 0.5) is 0 Å². The highest BCUT2D eigenvalue weighted by Gasteiger charge is 2.09. The minimum absolute atomic E-state index is 0.428. The second-order valence-electron chi connectivity index (χ2n) is 6.36. The summed E-state index contributed by atoms with van der Waals surface area (Å²) < 4.78 is 5.86. The monoisotopic (exact) mass is 372 g/mol. The second kappa shape index (κ2) is 7.19. The molecule has 4 aromatic rings. The summed E-state index contributed by atoms with van der Waals surface area (Å²) in [7, 11) is 0. The Bertz CT molecular complexity index is 1180. The number of hydrogen-bond donors (Lipinski definition) is 1. The van der Waals surface area contributed by atoms with Crippen molar-refractivity contribution in [2.75, 3.05) is 0 Å². The normalized spacial score (nSPS) is 10.5. The van der Waals surface area contributed by atoms with Gasteiger partial charge in [-0.3, -0.25) is 0 Å². The van der Waals surface area contributed by atoms with E-state index >= 15 is 0 Å². The first-order valence-corrected chi connectivity index (χ1v) is 8.98. The maximum atomic E-state index is 6.39. The zero-order chi connectivity index (χ0) is 18.8. The molecule has 3 nitrogen and oxygen atoms in total. The van der Waals surface area contributed by atoms with E-state index < -0.39 is 0 Å². The number of imidazole rings is 1. The van der Waals surface area contributed by atoms with Gasteiger partial charge in [-0.2, -0.15) is 4.98 Å². The standard InChI is InChI=1S/C23H17ClN2O/c1-15-8-11-19(12-16(15)2)27-23-25-21-13-18(20(24)14-22(21)26-23)10-9-17-6-4-3-5-7-17/h3-8,11-14H,1-2H3,(H,25,26). The minimum Gasteiger partial charge on any atom is -0.426 e. The van der Waals surface area contributed by atoms with Gasteiger partial charge < -0.3 is 9.72 Å². The Labute approximate surface area is 163 Å². The van der Waals surface area contributed by atoms with E-state index in [0.717, 1.165) is 27.9 Å². The van der Waals surface area contributed by atoms with Crippen LogP contribution in [0.5, 0.6) is 11.8 Å². The van der Waals surface area contributed by atoms with Crippen molar-refractivity contribution in [2.24, 2.45) is 0 Å². The molecule has 0 bridgehead atoms. The lowest BCUT2D eigenvalue weighted by atomic mass is 10.1. The maximum absolute atomic E-state index is 6.39. The third kappa shape index (κ3) is 3.81. The largest absolute Gasteiger partial charge is 0.426 e. The molecule has 4 heteroatoms. The van der Waals surface area contributed by atoms with Gasteiger partial charge in [0.15, 0.2) is 0 Å². The molecule has 0 aliphatic heterocycles. The quantitative estimate of drug-likeness (QED) is 0.436. The minimum atomic E-state index is 0.428.